The molecule has 0 amide bonds. The highest BCUT2D eigenvalue weighted by molar-refractivity contribution is 6.99. The molecule has 1 atom stereocenters. The largest absolute Gasteiger partial charge is 0.461 e. The maximum atomic E-state index is 12.0. The van der Waals surface area contributed by atoms with Crippen molar-refractivity contribution in [2.45, 2.75) is 51.6 Å². The van der Waals surface area contributed by atoms with Gasteiger partial charge in [0.1, 0.15) is 5.70 Å². The van der Waals surface area contributed by atoms with E-state index in [0.29, 0.717) is 13.2 Å². The number of nitrogens with two attached hydrogens (primary N) is 1. The molecule has 0 aromatic heterocycles. The molecule has 0 bridgehead atoms. The molecule has 0 aliphatic carbocycles. The lowest BCUT2D eigenvalue weighted by Crippen LogP contribution is -2.67. The minimum atomic E-state index is -2.58. The van der Waals surface area contributed by atoms with Crippen LogP contribution < -0.4 is 21.4 Å². The van der Waals surface area contributed by atoms with Gasteiger partial charge >= 0.3 is 5.97 Å². The summed E-state index contributed by atoms with van der Waals surface area (Å²) >= 11 is 0. The molecule has 166 valence electrons. The Kier molecular flexibility index (Phi) is 7.23. The summed E-state index contributed by atoms with van der Waals surface area (Å²) < 4.78 is 12.0. The number of ether oxygens (including phenoxy) is 1. The number of carbonyl (C=O) groups is 1. The van der Waals surface area contributed by atoms with Crippen LogP contribution in [0.5, 0.6) is 0 Å². The Balaban J connectivity index is 1.89. The zero-order valence-electron chi connectivity index (χ0n) is 19.0. The first kappa shape index (κ1) is 23.1. The molecule has 31 heavy (non-hydrogen) atoms. The number of esters is 1. The molecule has 1 aliphatic heterocycles. The van der Waals surface area contributed by atoms with Crippen molar-refractivity contribution in [2.24, 2.45) is 5.73 Å². The summed E-state index contributed by atoms with van der Waals surface area (Å²) in [6, 6.07) is 21.3. The van der Waals surface area contributed by atoms with Gasteiger partial charge in [-0.1, -0.05) is 81.4 Å². The first-order valence-corrected chi connectivity index (χ1v) is 12.9. The average molecular weight is 439 g/mol. The quantitative estimate of drug-likeness (QED) is 0.395. The van der Waals surface area contributed by atoms with E-state index >= 15 is 0 Å². The molecule has 0 unspecified atom stereocenters. The van der Waals surface area contributed by atoms with Crippen molar-refractivity contribution in [1.82, 2.24) is 5.32 Å². The van der Waals surface area contributed by atoms with E-state index in [0.717, 1.165) is 18.5 Å². The minimum Gasteiger partial charge on any atom is -0.461 e. The smallest absolute Gasteiger partial charge is 0.355 e. The Labute approximate surface area is 186 Å². The third-order valence-electron chi connectivity index (χ3n) is 5.86. The van der Waals surface area contributed by atoms with Crippen LogP contribution in [0.1, 0.15) is 40.5 Å². The van der Waals surface area contributed by atoms with Crippen LogP contribution in [0.15, 0.2) is 72.1 Å². The van der Waals surface area contributed by atoms with E-state index < -0.39 is 14.3 Å². The van der Waals surface area contributed by atoms with Gasteiger partial charge < -0.3 is 20.2 Å². The number of rotatable bonds is 7. The van der Waals surface area contributed by atoms with Crippen molar-refractivity contribution in [3.05, 3.63) is 72.1 Å². The maximum absolute atomic E-state index is 12.0. The highest BCUT2D eigenvalue weighted by atomic mass is 28.4. The molecule has 0 radical (unpaired) electrons. The van der Waals surface area contributed by atoms with Crippen molar-refractivity contribution in [1.29, 1.82) is 0 Å². The van der Waals surface area contributed by atoms with E-state index in [-0.39, 0.29) is 16.8 Å². The summed E-state index contributed by atoms with van der Waals surface area (Å²) in [5, 5.41) is 5.85. The summed E-state index contributed by atoms with van der Waals surface area (Å²) in [5.41, 5.74) is 6.95. The van der Waals surface area contributed by atoms with Crippen molar-refractivity contribution >= 4 is 24.7 Å². The van der Waals surface area contributed by atoms with Gasteiger partial charge in [-0.2, -0.15) is 0 Å². The molecular weight excluding hydrogens is 404 g/mol. The van der Waals surface area contributed by atoms with Crippen LogP contribution in [0.3, 0.4) is 0 Å². The van der Waals surface area contributed by atoms with Gasteiger partial charge in [0, 0.05) is 11.7 Å². The van der Waals surface area contributed by atoms with Crippen LogP contribution in [-0.4, -0.2) is 33.5 Å². The molecule has 0 saturated carbocycles. The molecule has 1 saturated heterocycles. The van der Waals surface area contributed by atoms with Crippen molar-refractivity contribution in [3.8, 4) is 0 Å². The van der Waals surface area contributed by atoms with Crippen molar-refractivity contribution < 1.29 is 14.0 Å². The molecule has 6 heteroatoms. The molecule has 5 nitrogen and oxygen atoms in total. The first-order chi connectivity index (χ1) is 14.8. The Morgan fingerprint density at radius 2 is 1.61 bits per heavy atom. The van der Waals surface area contributed by atoms with Gasteiger partial charge in [0.2, 0.25) is 0 Å². The molecule has 2 aromatic carbocycles. The number of hydrogen-bond donors (Lipinski definition) is 2. The lowest BCUT2D eigenvalue weighted by Gasteiger charge is -2.43. The average Bonchev–Trinajstić information content (AvgIpc) is 3.23. The van der Waals surface area contributed by atoms with E-state index in [2.05, 4.69) is 74.6 Å². The zero-order chi connectivity index (χ0) is 22.5. The Morgan fingerprint density at radius 3 is 2.10 bits per heavy atom. The zero-order valence-corrected chi connectivity index (χ0v) is 20.0. The number of allylic oxidation sites excluding steroid dienone is 1. The Hall–Kier alpha value is -2.57. The summed E-state index contributed by atoms with van der Waals surface area (Å²) in [6.45, 7) is 9.45. The van der Waals surface area contributed by atoms with Gasteiger partial charge in [0.05, 0.1) is 13.2 Å². The van der Waals surface area contributed by atoms with Gasteiger partial charge in [-0.3, -0.25) is 0 Å². The van der Waals surface area contributed by atoms with Crippen LogP contribution in [0.2, 0.25) is 5.04 Å². The summed E-state index contributed by atoms with van der Waals surface area (Å²) in [7, 11) is -2.58. The molecule has 3 N–H and O–H groups in total. The minimum absolute atomic E-state index is 0.0725. The van der Waals surface area contributed by atoms with Crippen LogP contribution in [0, 0.1) is 0 Å². The number of hydrogen-bond acceptors (Lipinski definition) is 5. The lowest BCUT2D eigenvalue weighted by molar-refractivity contribution is -0.138. The topological polar surface area (TPSA) is 73.6 Å². The van der Waals surface area contributed by atoms with Crippen LogP contribution in [-0.2, 0) is 14.0 Å². The second kappa shape index (κ2) is 9.70. The van der Waals surface area contributed by atoms with Gasteiger partial charge in [-0.05, 0) is 35.2 Å². The Bertz CT molecular complexity index is 868. The van der Waals surface area contributed by atoms with E-state index in [9.17, 15) is 4.79 Å². The monoisotopic (exact) mass is 438 g/mol. The third-order valence-corrected chi connectivity index (χ3v) is 10.9. The second-order valence-electron chi connectivity index (χ2n) is 8.97. The fraction of sp³-hybridized carbons (Fsp3) is 0.400. The van der Waals surface area contributed by atoms with E-state index in [4.69, 9.17) is 14.9 Å². The molecular formula is C25H34N2O3Si. The second-order valence-corrected chi connectivity index (χ2v) is 13.3. The molecule has 1 aliphatic rings. The molecule has 3 rings (SSSR count). The highest BCUT2D eigenvalue weighted by Crippen LogP contribution is 2.37. The van der Waals surface area contributed by atoms with Crippen LogP contribution in [0.25, 0.3) is 0 Å². The standard InChI is InChI=1S/C25H34N2O3Si/c1-5-29-24(28)23(26)22-17-16-19(27-22)18-30-31(25(2,3)4,20-12-8-6-9-13-20)21-14-10-7-11-15-21/h6-15,19,27H,5,16-18,26H2,1-4H3/b23-22+/t19-/m1/s1. The molecule has 1 heterocycles. The summed E-state index contributed by atoms with van der Waals surface area (Å²) in [4.78, 5) is 12.0. The number of carbonyl (C=O) groups excluding carboxylic acids is 1. The van der Waals surface area contributed by atoms with Crippen molar-refractivity contribution in [2.75, 3.05) is 13.2 Å². The van der Waals surface area contributed by atoms with Gasteiger partial charge in [0.25, 0.3) is 8.32 Å². The van der Waals surface area contributed by atoms with E-state index in [1.54, 1.807) is 6.92 Å². The van der Waals surface area contributed by atoms with Gasteiger partial charge in [0.15, 0.2) is 0 Å². The molecule has 1 fully saturated rings. The maximum Gasteiger partial charge on any atom is 0.355 e. The number of nitrogens with one attached hydrogen (secondary N) is 1. The fourth-order valence-corrected chi connectivity index (χ4v) is 8.97. The number of benzene rings is 2. The predicted octanol–water partition coefficient (Wildman–Crippen LogP) is 3.05. The Morgan fingerprint density at radius 1 is 1.06 bits per heavy atom. The van der Waals surface area contributed by atoms with Gasteiger partial charge in [-0.15, -0.1) is 0 Å². The molecule has 0 spiro atoms. The highest BCUT2D eigenvalue weighted by Gasteiger charge is 2.50. The van der Waals surface area contributed by atoms with Crippen LogP contribution in [0.4, 0.5) is 0 Å². The van der Waals surface area contributed by atoms with Gasteiger partial charge in [-0.25, -0.2) is 4.79 Å². The summed E-state index contributed by atoms with van der Waals surface area (Å²) in [6.07, 6.45) is 1.59. The SMILES string of the molecule is CCOC(=O)/C(N)=C1/CC[C@H](CO[Si](c2ccccc2)(c2ccccc2)C(C)(C)C)N1. The fourth-order valence-electron chi connectivity index (χ4n) is 4.37. The van der Waals surface area contributed by atoms with E-state index in [1.807, 2.05) is 12.1 Å². The first-order valence-electron chi connectivity index (χ1n) is 11.0. The van der Waals surface area contributed by atoms with Crippen molar-refractivity contribution in [3.63, 3.8) is 0 Å². The lowest BCUT2D eigenvalue weighted by atomic mass is 10.2. The van der Waals surface area contributed by atoms with E-state index in [1.165, 1.54) is 10.4 Å². The molecule has 2 aromatic rings. The third kappa shape index (κ3) is 4.86. The van der Waals surface area contributed by atoms with Crippen LogP contribution >= 0.6 is 0 Å². The summed E-state index contributed by atoms with van der Waals surface area (Å²) in [5.74, 6) is -0.460. The normalized spacial score (nSPS) is 18.4. The predicted molar refractivity (Wildman–Crippen MR) is 128 cm³/mol.